The molecule has 0 amide bonds. The number of rotatable bonds is 5. The van der Waals surface area contributed by atoms with Gasteiger partial charge < -0.3 is 10.2 Å². The van der Waals surface area contributed by atoms with Gasteiger partial charge in [-0.1, -0.05) is 23.3 Å². The molecule has 1 aromatic rings. The number of hydrogen-bond acceptors (Lipinski definition) is 4. The van der Waals surface area contributed by atoms with Crippen LogP contribution >= 0.6 is 0 Å². The van der Waals surface area contributed by atoms with Gasteiger partial charge in [0.25, 0.3) is 0 Å². The molecule has 2 N–H and O–H groups in total. The van der Waals surface area contributed by atoms with E-state index in [1.807, 2.05) is 13.0 Å². The summed E-state index contributed by atoms with van der Waals surface area (Å²) >= 11 is 0. The number of aromatic hydroxyl groups is 2. The molecule has 1 aromatic carbocycles. The highest BCUT2D eigenvalue weighted by Gasteiger charge is 2.32. The molecule has 0 atom stereocenters. The fraction of sp³-hybridized carbons (Fsp3) is 0.333. The summed E-state index contributed by atoms with van der Waals surface area (Å²) in [6, 6.07) is 2.32. The third-order valence-electron chi connectivity index (χ3n) is 4.39. The lowest BCUT2D eigenvalue weighted by Gasteiger charge is -2.19. The van der Waals surface area contributed by atoms with E-state index < -0.39 is 0 Å². The molecule has 2 rings (SSSR count). The Morgan fingerprint density at radius 3 is 2.36 bits per heavy atom. The average molecular weight is 340 g/mol. The van der Waals surface area contributed by atoms with Gasteiger partial charge in [0, 0.05) is 22.8 Å². The molecule has 4 nitrogen and oxygen atoms in total. The summed E-state index contributed by atoms with van der Waals surface area (Å²) < 4.78 is 0. The highest BCUT2D eigenvalue weighted by Crippen LogP contribution is 2.36. The third kappa shape index (κ3) is 4.08. The van der Waals surface area contributed by atoms with Crippen molar-refractivity contribution >= 4 is 11.6 Å². The van der Waals surface area contributed by atoms with Gasteiger partial charge in [-0.3, -0.25) is 9.59 Å². The number of Topliss-reactive ketones (excluding diaryl/α,β-unsaturated/α-hetero) is 2. The molecule has 1 aliphatic rings. The van der Waals surface area contributed by atoms with Crippen LogP contribution in [0.4, 0.5) is 0 Å². The van der Waals surface area contributed by atoms with E-state index in [2.05, 4.69) is 19.9 Å². The van der Waals surface area contributed by atoms with Crippen molar-refractivity contribution in [1.29, 1.82) is 0 Å². The maximum Gasteiger partial charge on any atom is 0.193 e. The van der Waals surface area contributed by atoms with E-state index in [9.17, 15) is 19.8 Å². The first kappa shape index (κ1) is 18.7. The van der Waals surface area contributed by atoms with Crippen LogP contribution in [0.1, 0.15) is 67.7 Å². The summed E-state index contributed by atoms with van der Waals surface area (Å²) in [6.45, 7) is 7.73. The van der Waals surface area contributed by atoms with Gasteiger partial charge in [0.05, 0.1) is 5.56 Å². The molecule has 0 saturated heterocycles. The molecule has 0 heterocycles. The molecule has 0 spiro atoms. The second-order valence-electron chi connectivity index (χ2n) is 6.72. The second-order valence-corrected chi connectivity index (χ2v) is 6.72. The SMILES string of the molecule is CC(C)=CCCC(C)=CCC1=C(C)C(=O)c2c(O)cc(O)cc2C1=O. The topological polar surface area (TPSA) is 74.6 Å². The Labute approximate surface area is 148 Å². The number of allylic oxidation sites excluding steroid dienone is 6. The Kier molecular flexibility index (Phi) is 5.62. The van der Waals surface area contributed by atoms with Crippen LogP contribution in [-0.4, -0.2) is 21.8 Å². The molecule has 25 heavy (non-hydrogen) atoms. The van der Waals surface area contributed by atoms with E-state index in [0.29, 0.717) is 17.6 Å². The van der Waals surface area contributed by atoms with Gasteiger partial charge >= 0.3 is 0 Å². The number of hydrogen-bond donors (Lipinski definition) is 2. The number of carbonyl (C=O) groups is 2. The van der Waals surface area contributed by atoms with E-state index in [1.54, 1.807) is 6.92 Å². The van der Waals surface area contributed by atoms with Gasteiger partial charge in [0.1, 0.15) is 11.5 Å². The van der Waals surface area contributed by atoms with Crippen LogP contribution in [0.2, 0.25) is 0 Å². The number of phenolic OH excluding ortho intramolecular Hbond substituents is 2. The first-order valence-electron chi connectivity index (χ1n) is 8.36. The molecule has 132 valence electrons. The summed E-state index contributed by atoms with van der Waals surface area (Å²) in [7, 11) is 0. The molecule has 0 aromatic heterocycles. The van der Waals surface area contributed by atoms with E-state index in [1.165, 1.54) is 11.6 Å². The molecular formula is C21H24O4. The van der Waals surface area contributed by atoms with Gasteiger partial charge in [-0.2, -0.15) is 0 Å². The van der Waals surface area contributed by atoms with Crippen molar-refractivity contribution in [3.63, 3.8) is 0 Å². The molecule has 4 heteroatoms. The minimum absolute atomic E-state index is 0.0201. The van der Waals surface area contributed by atoms with Gasteiger partial charge in [-0.05, 0) is 53.0 Å². The lowest BCUT2D eigenvalue weighted by molar-refractivity contribution is 0.0970. The molecule has 1 aliphatic carbocycles. The Bertz CT molecular complexity index is 819. The Balaban J connectivity index is 2.27. The zero-order valence-electron chi connectivity index (χ0n) is 15.1. The number of ketones is 2. The van der Waals surface area contributed by atoms with Crippen LogP contribution in [-0.2, 0) is 0 Å². The van der Waals surface area contributed by atoms with E-state index >= 15 is 0 Å². The highest BCUT2D eigenvalue weighted by molar-refractivity contribution is 6.27. The molecule has 0 fully saturated rings. The first-order valence-corrected chi connectivity index (χ1v) is 8.36. The summed E-state index contributed by atoms with van der Waals surface area (Å²) in [5.74, 6) is -1.27. The van der Waals surface area contributed by atoms with E-state index in [0.717, 1.165) is 24.5 Å². The normalized spacial score (nSPS) is 14.6. The third-order valence-corrected chi connectivity index (χ3v) is 4.39. The monoisotopic (exact) mass is 340 g/mol. The number of benzene rings is 1. The van der Waals surface area contributed by atoms with Crippen LogP contribution in [0.25, 0.3) is 0 Å². The minimum Gasteiger partial charge on any atom is -0.508 e. The van der Waals surface area contributed by atoms with E-state index in [-0.39, 0.29) is 34.2 Å². The number of fused-ring (bicyclic) bond motifs is 1. The lowest BCUT2D eigenvalue weighted by Crippen LogP contribution is -2.21. The van der Waals surface area contributed by atoms with Crippen LogP contribution in [0, 0.1) is 0 Å². The molecule has 0 radical (unpaired) electrons. The van der Waals surface area contributed by atoms with Gasteiger partial charge in [0.2, 0.25) is 0 Å². The zero-order chi connectivity index (χ0) is 18.7. The van der Waals surface area contributed by atoms with Gasteiger partial charge in [0.15, 0.2) is 11.6 Å². The smallest absolute Gasteiger partial charge is 0.193 e. The standard InChI is InChI=1S/C21H24O4/c1-12(2)6-5-7-13(3)8-9-16-14(4)20(24)19-17(21(16)25)10-15(22)11-18(19)23/h6,8,10-11,22-23H,5,7,9H2,1-4H3. The molecule has 0 unspecified atom stereocenters. The second kappa shape index (κ2) is 7.51. The summed E-state index contributed by atoms with van der Waals surface area (Å²) in [6.07, 6.45) is 6.35. The number of phenols is 2. The average Bonchev–Trinajstić information content (AvgIpc) is 2.51. The predicted octanol–water partition coefficient (Wildman–Crippen LogP) is 4.88. The van der Waals surface area contributed by atoms with Crippen molar-refractivity contribution in [3.05, 3.63) is 57.7 Å². The van der Waals surface area contributed by atoms with Crippen molar-refractivity contribution in [1.82, 2.24) is 0 Å². The zero-order valence-corrected chi connectivity index (χ0v) is 15.1. The largest absolute Gasteiger partial charge is 0.508 e. The van der Waals surface area contributed by atoms with Crippen LogP contribution < -0.4 is 0 Å². The highest BCUT2D eigenvalue weighted by atomic mass is 16.3. The van der Waals surface area contributed by atoms with Crippen molar-refractivity contribution in [2.75, 3.05) is 0 Å². The van der Waals surface area contributed by atoms with Crippen molar-refractivity contribution in [3.8, 4) is 11.5 Å². The Morgan fingerprint density at radius 1 is 1.04 bits per heavy atom. The van der Waals surface area contributed by atoms with E-state index in [4.69, 9.17) is 0 Å². The molecule has 0 bridgehead atoms. The molecular weight excluding hydrogens is 316 g/mol. The van der Waals surface area contributed by atoms with Gasteiger partial charge in [-0.15, -0.1) is 0 Å². The predicted molar refractivity (Wildman–Crippen MR) is 98.2 cm³/mol. The summed E-state index contributed by atoms with van der Waals surface area (Å²) in [5, 5.41) is 19.5. The Hall–Kier alpha value is -2.62. The first-order chi connectivity index (χ1) is 11.7. The van der Waals surface area contributed by atoms with Crippen LogP contribution in [0.5, 0.6) is 11.5 Å². The lowest BCUT2D eigenvalue weighted by atomic mass is 9.82. The molecule has 0 aliphatic heterocycles. The van der Waals surface area contributed by atoms with Crippen molar-refractivity contribution in [2.24, 2.45) is 0 Å². The fourth-order valence-electron chi connectivity index (χ4n) is 2.90. The van der Waals surface area contributed by atoms with Crippen molar-refractivity contribution in [2.45, 2.75) is 47.0 Å². The number of carbonyl (C=O) groups excluding carboxylic acids is 2. The maximum atomic E-state index is 12.7. The quantitative estimate of drug-likeness (QED) is 0.749. The van der Waals surface area contributed by atoms with Gasteiger partial charge in [-0.25, -0.2) is 0 Å². The fourth-order valence-corrected chi connectivity index (χ4v) is 2.90. The van der Waals surface area contributed by atoms with Crippen molar-refractivity contribution < 1.29 is 19.8 Å². The minimum atomic E-state index is -0.363. The summed E-state index contributed by atoms with van der Waals surface area (Å²) in [5.41, 5.74) is 3.25. The maximum absolute atomic E-state index is 12.7. The van der Waals surface area contributed by atoms with Crippen LogP contribution in [0.15, 0.2) is 46.6 Å². The Morgan fingerprint density at radius 2 is 1.72 bits per heavy atom. The molecule has 0 saturated carbocycles. The summed E-state index contributed by atoms with van der Waals surface area (Å²) in [4.78, 5) is 25.2. The van der Waals surface area contributed by atoms with Crippen LogP contribution in [0.3, 0.4) is 0 Å².